The van der Waals surface area contributed by atoms with E-state index < -0.39 is 11.9 Å². The van der Waals surface area contributed by atoms with E-state index in [9.17, 15) is 14.3 Å². The molecule has 0 spiro atoms. The van der Waals surface area contributed by atoms with Crippen molar-refractivity contribution in [1.29, 1.82) is 0 Å². The highest BCUT2D eigenvalue weighted by molar-refractivity contribution is 6.30. The highest BCUT2D eigenvalue weighted by Crippen LogP contribution is 2.26. The van der Waals surface area contributed by atoms with Crippen molar-refractivity contribution in [3.05, 3.63) is 63.4 Å². The molecule has 0 bridgehead atoms. The fourth-order valence-corrected chi connectivity index (χ4v) is 3.80. The topological polar surface area (TPSA) is 53.0 Å². The van der Waals surface area contributed by atoms with Crippen molar-refractivity contribution in [3.63, 3.8) is 0 Å². The van der Waals surface area contributed by atoms with Gasteiger partial charge in [0.2, 0.25) is 0 Å². The molecule has 7 heteroatoms. The number of ether oxygens (including phenoxy) is 1. The first-order valence-electron chi connectivity index (χ1n) is 10.1. The standard InChI is InChI=1S/C23H28ClFN2O3/c1-15-4-5-16(2)22(17(15)3)30-14-19(28)13-26-8-10-27(11-9-26)23(29)20-7-6-18(24)12-21(20)25/h4-7,12,19,28H,8-11,13-14H2,1-3H3. The predicted molar refractivity (Wildman–Crippen MR) is 116 cm³/mol. The average Bonchev–Trinajstić information content (AvgIpc) is 2.71. The zero-order valence-electron chi connectivity index (χ0n) is 17.6. The summed E-state index contributed by atoms with van der Waals surface area (Å²) in [6.07, 6.45) is -0.639. The van der Waals surface area contributed by atoms with Crippen molar-refractivity contribution in [2.75, 3.05) is 39.3 Å². The molecule has 0 aromatic heterocycles. The minimum absolute atomic E-state index is 0.0326. The summed E-state index contributed by atoms with van der Waals surface area (Å²) in [5, 5.41) is 10.7. The van der Waals surface area contributed by atoms with Gasteiger partial charge in [0.25, 0.3) is 5.91 Å². The van der Waals surface area contributed by atoms with Gasteiger partial charge in [-0.05, 0) is 55.7 Å². The van der Waals surface area contributed by atoms with Gasteiger partial charge in [-0.3, -0.25) is 9.69 Å². The smallest absolute Gasteiger partial charge is 0.256 e. The van der Waals surface area contributed by atoms with Crippen molar-refractivity contribution < 1.29 is 19.0 Å². The number of aliphatic hydroxyl groups excluding tert-OH is 1. The highest BCUT2D eigenvalue weighted by atomic mass is 35.5. The minimum Gasteiger partial charge on any atom is -0.490 e. The number of halogens is 2. The Balaban J connectivity index is 1.48. The largest absolute Gasteiger partial charge is 0.490 e. The van der Waals surface area contributed by atoms with Crippen LogP contribution in [0.25, 0.3) is 0 Å². The normalized spacial score (nSPS) is 15.9. The van der Waals surface area contributed by atoms with Gasteiger partial charge >= 0.3 is 0 Å². The second kappa shape index (κ2) is 9.77. The van der Waals surface area contributed by atoms with Crippen LogP contribution in [0.1, 0.15) is 27.0 Å². The van der Waals surface area contributed by atoms with Crippen LogP contribution in [0.15, 0.2) is 30.3 Å². The number of carbonyl (C=O) groups excluding carboxylic acids is 1. The van der Waals surface area contributed by atoms with Crippen molar-refractivity contribution in [2.45, 2.75) is 26.9 Å². The van der Waals surface area contributed by atoms with Crippen molar-refractivity contribution in [1.82, 2.24) is 9.80 Å². The summed E-state index contributed by atoms with van der Waals surface area (Å²) in [6.45, 7) is 8.89. The Labute approximate surface area is 182 Å². The van der Waals surface area contributed by atoms with Gasteiger partial charge in [0, 0.05) is 37.7 Å². The number of piperazine rings is 1. The maximum absolute atomic E-state index is 14.0. The monoisotopic (exact) mass is 434 g/mol. The van der Waals surface area contributed by atoms with Gasteiger partial charge in [-0.2, -0.15) is 0 Å². The summed E-state index contributed by atoms with van der Waals surface area (Å²) in [5.41, 5.74) is 3.32. The highest BCUT2D eigenvalue weighted by Gasteiger charge is 2.25. The number of rotatable bonds is 6. The first-order chi connectivity index (χ1) is 14.3. The van der Waals surface area contributed by atoms with Gasteiger partial charge in [-0.1, -0.05) is 23.7 Å². The maximum Gasteiger partial charge on any atom is 0.256 e. The molecule has 1 aliphatic heterocycles. The molecule has 2 aromatic carbocycles. The fraction of sp³-hybridized carbons (Fsp3) is 0.435. The van der Waals surface area contributed by atoms with Gasteiger partial charge < -0.3 is 14.7 Å². The maximum atomic E-state index is 14.0. The quantitative estimate of drug-likeness (QED) is 0.754. The lowest BCUT2D eigenvalue weighted by Crippen LogP contribution is -2.51. The van der Waals surface area contributed by atoms with Crippen molar-refractivity contribution >= 4 is 17.5 Å². The lowest BCUT2D eigenvalue weighted by molar-refractivity contribution is 0.0400. The Hall–Kier alpha value is -2.15. The van der Waals surface area contributed by atoms with Crippen LogP contribution in [0.5, 0.6) is 5.75 Å². The third-order valence-corrected chi connectivity index (χ3v) is 5.82. The number of aryl methyl sites for hydroxylation is 2. The number of benzene rings is 2. The summed E-state index contributed by atoms with van der Waals surface area (Å²) < 4.78 is 19.9. The van der Waals surface area contributed by atoms with E-state index in [0.717, 1.165) is 28.5 Å². The van der Waals surface area contributed by atoms with E-state index in [0.29, 0.717) is 32.7 Å². The lowest BCUT2D eigenvalue weighted by atomic mass is 10.1. The predicted octanol–water partition coefficient (Wildman–Crippen LogP) is 3.60. The van der Waals surface area contributed by atoms with Crippen LogP contribution in [0.2, 0.25) is 5.02 Å². The van der Waals surface area contributed by atoms with Gasteiger partial charge in [0.15, 0.2) is 0 Å². The molecule has 162 valence electrons. The number of carbonyl (C=O) groups is 1. The van der Waals surface area contributed by atoms with Gasteiger partial charge in [0.05, 0.1) is 5.56 Å². The molecule has 1 unspecified atom stereocenters. The van der Waals surface area contributed by atoms with Crippen LogP contribution < -0.4 is 4.74 Å². The van der Waals surface area contributed by atoms with E-state index >= 15 is 0 Å². The molecular formula is C23H28ClFN2O3. The molecule has 1 heterocycles. The summed E-state index contributed by atoms with van der Waals surface area (Å²) >= 11 is 5.76. The Morgan fingerprint density at radius 3 is 2.47 bits per heavy atom. The number of β-amino-alcohol motifs (C(OH)–C–C–N with tert-alkyl or cyclic N) is 1. The third-order valence-electron chi connectivity index (χ3n) is 5.58. The minimum atomic E-state index is -0.639. The summed E-state index contributed by atoms with van der Waals surface area (Å²) in [5.74, 6) is -0.114. The Bertz CT molecular complexity index is 914. The van der Waals surface area contributed by atoms with Gasteiger partial charge in [-0.25, -0.2) is 4.39 Å². The lowest BCUT2D eigenvalue weighted by Gasteiger charge is -2.35. The zero-order chi connectivity index (χ0) is 21.8. The number of hydrogen-bond acceptors (Lipinski definition) is 4. The summed E-state index contributed by atoms with van der Waals surface area (Å²) in [7, 11) is 0. The summed E-state index contributed by atoms with van der Waals surface area (Å²) in [4.78, 5) is 16.3. The molecular weight excluding hydrogens is 407 g/mol. The molecule has 5 nitrogen and oxygen atoms in total. The Kier molecular flexibility index (Phi) is 7.34. The molecule has 2 aromatic rings. The van der Waals surface area contributed by atoms with E-state index in [2.05, 4.69) is 11.0 Å². The van der Waals surface area contributed by atoms with E-state index in [1.807, 2.05) is 26.8 Å². The first kappa shape index (κ1) is 22.5. The molecule has 1 atom stereocenters. The number of aliphatic hydroxyl groups is 1. The molecule has 0 saturated carbocycles. The van der Waals surface area contributed by atoms with Gasteiger partial charge in [0.1, 0.15) is 24.3 Å². The molecule has 0 aliphatic carbocycles. The van der Waals surface area contributed by atoms with E-state index in [1.54, 1.807) is 4.90 Å². The van der Waals surface area contributed by atoms with Crippen LogP contribution in [-0.2, 0) is 0 Å². The Morgan fingerprint density at radius 1 is 1.13 bits per heavy atom. The molecule has 1 aliphatic rings. The molecule has 30 heavy (non-hydrogen) atoms. The Morgan fingerprint density at radius 2 is 1.80 bits per heavy atom. The molecule has 1 saturated heterocycles. The number of hydrogen-bond donors (Lipinski definition) is 1. The first-order valence-corrected chi connectivity index (χ1v) is 10.5. The van der Waals surface area contributed by atoms with E-state index in [4.69, 9.17) is 16.3 Å². The summed E-state index contributed by atoms with van der Waals surface area (Å²) in [6, 6.07) is 8.17. The third kappa shape index (κ3) is 5.31. The van der Waals surface area contributed by atoms with Crippen LogP contribution in [0.4, 0.5) is 4.39 Å². The second-order valence-electron chi connectivity index (χ2n) is 7.84. The van der Waals surface area contributed by atoms with Crippen LogP contribution in [0.3, 0.4) is 0 Å². The van der Waals surface area contributed by atoms with Crippen LogP contribution in [-0.4, -0.2) is 66.2 Å². The molecule has 3 rings (SSSR count). The molecule has 1 N–H and O–H groups in total. The molecule has 0 radical (unpaired) electrons. The number of nitrogens with zero attached hydrogens (tertiary/aromatic N) is 2. The SMILES string of the molecule is Cc1ccc(C)c(OCC(O)CN2CCN(C(=O)c3ccc(Cl)cc3F)CC2)c1C. The van der Waals surface area contributed by atoms with Crippen molar-refractivity contribution in [3.8, 4) is 5.75 Å². The molecule has 1 amide bonds. The average molecular weight is 435 g/mol. The fourth-order valence-electron chi connectivity index (χ4n) is 3.64. The van der Waals surface area contributed by atoms with Crippen molar-refractivity contribution in [2.24, 2.45) is 0 Å². The van der Waals surface area contributed by atoms with Crippen LogP contribution >= 0.6 is 11.6 Å². The van der Waals surface area contributed by atoms with E-state index in [-0.39, 0.29) is 23.1 Å². The van der Waals surface area contributed by atoms with Crippen LogP contribution in [0, 0.1) is 26.6 Å². The van der Waals surface area contributed by atoms with E-state index in [1.165, 1.54) is 12.1 Å². The molecule has 1 fully saturated rings. The van der Waals surface area contributed by atoms with Gasteiger partial charge in [-0.15, -0.1) is 0 Å². The number of amides is 1. The zero-order valence-corrected chi connectivity index (χ0v) is 18.4. The second-order valence-corrected chi connectivity index (χ2v) is 8.27.